The summed E-state index contributed by atoms with van der Waals surface area (Å²) in [5.41, 5.74) is 4.43. The number of fused-ring (bicyclic) bond motifs is 4. The van der Waals surface area contributed by atoms with Gasteiger partial charge in [0.1, 0.15) is 5.76 Å². The normalized spacial score (nSPS) is 24.9. The Morgan fingerprint density at radius 1 is 1.22 bits per heavy atom. The van der Waals surface area contributed by atoms with E-state index in [1.165, 1.54) is 5.56 Å². The van der Waals surface area contributed by atoms with Crippen molar-refractivity contribution < 1.29 is 14.3 Å². The number of ketones is 2. The van der Waals surface area contributed by atoms with Gasteiger partial charge in [0.25, 0.3) is 0 Å². The molecule has 1 aromatic carbocycles. The summed E-state index contributed by atoms with van der Waals surface area (Å²) >= 11 is 0. The van der Waals surface area contributed by atoms with E-state index in [9.17, 15) is 9.59 Å². The molecule has 0 bridgehead atoms. The van der Waals surface area contributed by atoms with E-state index in [4.69, 9.17) is 4.74 Å². The van der Waals surface area contributed by atoms with Crippen LogP contribution in [0.2, 0.25) is 0 Å². The Kier molecular flexibility index (Phi) is 3.06. The van der Waals surface area contributed by atoms with E-state index in [-0.39, 0.29) is 22.9 Å². The molecule has 3 heteroatoms. The molecule has 1 heterocycles. The molecule has 0 saturated carbocycles. The Morgan fingerprint density at radius 2 is 2.00 bits per heavy atom. The van der Waals surface area contributed by atoms with Crippen molar-refractivity contribution in [3.63, 3.8) is 0 Å². The number of benzene rings is 1. The average molecular weight is 310 g/mol. The highest BCUT2D eigenvalue weighted by Gasteiger charge is 2.43. The summed E-state index contributed by atoms with van der Waals surface area (Å²) < 4.78 is 5.86. The SMILES string of the molecule is CC[C@H]1COC2=C1C(=O)C(=O)c1c2ccc2c1CCCC2(C)C. The molecule has 3 aliphatic rings. The zero-order chi connectivity index (χ0) is 16.4. The molecular weight excluding hydrogens is 288 g/mol. The summed E-state index contributed by atoms with van der Waals surface area (Å²) in [5, 5.41) is 0. The summed E-state index contributed by atoms with van der Waals surface area (Å²) in [6.07, 6.45) is 3.87. The second-order valence-electron chi connectivity index (χ2n) is 7.57. The Labute approximate surface area is 136 Å². The molecule has 1 atom stereocenters. The molecule has 1 aliphatic heterocycles. The van der Waals surface area contributed by atoms with Gasteiger partial charge in [0, 0.05) is 17.0 Å². The molecule has 0 amide bonds. The first-order chi connectivity index (χ1) is 11.0. The second kappa shape index (κ2) is 4.80. The molecule has 1 aromatic rings. The quantitative estimate of drug-likeness (QED) is 0.740. The van der Waals surface area contributed by atoms with Crippen LogP contribution in [0.1, 0.15) is 67.1 Å². The van der Waals surface area contributed by atoms with Gasteiger partial charge in [-0.05, 0) is 42.2 Å². The molecule has 23 heavy (non-hydrogen) atoms. The third-order valence-electron chi connectivity index (χ3n) is 5.77. The number of rotatable bonds is 1. The van der Waals surface area contributed by atoms with Crippen molar-refractivity contribution >= 4 is 17.3 Å². The maximum Gasteiger partial charge on any atom is 0.234 e. The first-order valence-corrected chi connectivity index (χ1v) is 8.58. The van der Waals surface area contributed by atoms with E-state index in [2.05, 4.69) is 19.9 Å². The van der Waals surface area contributed by atoms with E-state index in [1.807, 2.05) is 13.0 Å². The first-order valence-electron chi connectivity index (χ1n) is 8.58. The number of carbonyl (C=O) groups excluding carboxylic acids is 2. The lowest BCUT2D eigenvalue weighted by molar-refractivity contribution is -0.112. The van der Waals surface area contributed by atoms with Crippen LogP contribution in [0, 0.1) is 5.92 Å². The minimum Gasteiger partial charge on any atom is -0.492 e. The maximum absolute atomic E-state index is 12.9. The van der Waals surface area contributed by atoms with Gasteiger partial charge in [-0.25, -0.2) is 0 Å². The summed E-state index contributed by atoms with van der Waals surface area (Å²) in [5.74, 6) is 0.0654. The average Bonchev–Trinajstić information content (AvgIpc) is 2.95. The number of carbonyl (C=O) groups is 2. The zero-order valence-corrected chi connectivity index (χ0v) is 14.0. The van der Waals surface area contributed by atoms with Crippen molar-refractivity contribution in [2.24, 2.45) is 5.92 Å². The molecule has 0 unspecified atom stereocenters. The van der Waals surface area contributed by atoms with Crippen LogP contribution in [0.3, 0.4) is 0 Å². The molecule has 0 radical (unpaired) electrons. The van der Waals surface area contributed by atoms with Gasteiger partial charge >= 0.3 is 0 Å². The topological polar surface area (TPSA) is 43.4 Å². The Morgan fingerprint density at radius 3 is 2.74 bits per heavy atom. The summed E-state index contributed by atoms with van der Waals surface area (Å²) in [7, 11) is 0. The fourth-order valence-electron chi connectivity index (χ4n) is 4.43. The molecule has 0 spiro atoms. The predicted molar refractivity (Wildman–Crippen MR) is 88.4 cm³/mol. The van der Waals surface area contributed by atoms with Gasteiger partial charge < -0.3 is 4.74 Å². The number of hydrogen-bond donors (Lipinski definition) is 0. The molecule has 0 aromatic heterocycles. The third-order valence-corrected chi connectivity index (χ3v) is 5.77. The lowest BCUT2D eigenvalue weighted by Gasteiger charge is -2.35. The summed E-state index contributed by atoms with van der Waals surface area (Å²) in [4.78, 5) is 25.6. The van der Waals surface area contributed by atoms with Crippen molar-refractivity contribution in [2.75, 3.05) is 6.61 Å². The van der Waals surface area contributed by atoms with E-state index in [0.717, 1.165) is 36.8 Å². The molecule has 3 nitrogen and oxygen atoms in total. The Hall–Kier alpha value is -1.90. The van der Waals surface area contributed by atoms with Gasteiger partial charge in [0.2, 0.25) is 11.6 Å². The maximum atomic E-state index is 12.9. The fourth-order valence-corrected chi connectivity index (χ4v) is 4.43. The second-order valence-corrected chi connectivity index (χ2v) is 7.57. The minimum absolute atomic E-state index is 0.0575. The van der Waals surface area contributed by atoms with E-state index in [0.29, 0.717) is 23.5 Å². The molecule has 2 aliphatic carbocycles. The monoisotopic (exact) mass is 310 g/mol. The van der Waals surface area contributed by atoms with Crippen molar-refractivity contribution in [3.8, 4) is 0 Å². The van der Waals surface area contributed by atoms with Gasteiger partial charge in [-0.1, -0.05) is 32.9 Å². The van der Waals surface area contributed by atoms with Gasteiger partial charge in [-0.3, -0.25) is 9.59 Å². The molecule has 0 N–H and O–H groups in total. The van der Waals surface area contributed by atoms with Crippen LogP contribution in [0.15, 0.2) is 17.7 Å². The lowest BCUT2D eigenvalue weighted by atomic mass is 9.69. The first kappa shape index (κ1) is 14.7. The molecule has 0 fully saturated rings. The third kappa shape index (κ3) is 1.89. The fraction of sp³-hybridized carbons (Fsp3) is 0.500. The van der Waals surface area contributed by atoms with Crippen molar-refractivity contribution in [1.29, 1.82) is 0 Å². The largest absolute Gasteiger partial charge is 0.492 e. The highest BCUT2D eigenvalue weighted by molar-refractivity contribution is 6.52. The number of hydrogen-bond acceptors (Lipinski definition) is 3. The lowest BCUT2D eigenvalue weighted by Crippen LogP contribution is -2.31. The minimum atomic E-state index is -0.339. The molecular formula is C20H22O3. The van der Waals surface area contributed by atoms with Crippen LogP contribution < -0.4 is 0 Å². The van der Waals surface area contributed by atoms with Crippen LogP contribution in [-0.4, -0.2) is 18.2 Å². The van der Waals surface area contributed by atoms with Gasteiger partial charge in [-0.15, -0.1) is 0 Å². The standard InChI is InChI=1S/C20H22O3/c1-4-11-10-23-19-13-7-8-14-12(6-5-9-20(14,2)3)16(13)18(22)17(21)15(11)19/h7-8,11H,4-6,9-10H2,1-3H3/t11-/m0/s1. The molecule has 4 rings (SSSR count). The molecule has 0 saturated heterocycles. The summed E-state index contributed by atoms with van der Waals surface area (Å²) in [6, 6.07) is 4.14. The van der Waals surface area contributed by atoms with Gasteiger partial charge in [0.05, 0.1) is 12.2 Å². The predicted octanol–water partition coefficient (Wildman–Crippen LogP) is 3.83. The van der Waals surface area contributed by atoms with E-state index >= 15 is 0 Å². The van der Waals surface area contributed by atoms with E-state index in [1.54, 1.807) is 0 Å². The zero-order valence-electron chi connectivity index (χ0n) is 14.0. The highest BCUT2D eigenvalue weighted by Crippen LogP contribution is 2.45. The Balaban J connectivity index is 1.98. The number of ether oxygens (including phenoxy) is 1. The highest BCUT2D eigenvalue weighted by atomic mass is 16.5. The van der Waals surface area contributed by atoms with Gasteiger partial charge in [-0.2, -0.15) is 0 Å². The Bertz CT molecular complexity index is 767. The summed E-state index contributed by atoms with van der Waals surface area (Å²) in [6.45, 7) is 6.99. The van der Waals surface area contributed by atoms with Crippen LogP contribution in [0.4, 0.5) is 0 Å². The van der Waals surface area contributed by atoms with Crippen molar-refractivity contribution in [3.05, 3.63) is 40.0 Å². The van der Waals surface area contributed by atoms with Crippen LogP contribution in [0.25, 0.3) is 5.76 Å². The van der Waals surface area contributed by atoms with E-state index < -0.39 is 0 Å². The van der Waals surface area contributed by atoms with Crippen LogP contribution in [-0.2, 0) is 21.4 Å². The van der Waals surface area contributed by atoms with Crippen LogP contribution >= 0.6 is 0 Å². The number of Topliss-reactive ketones (excluding diaryl/α,β-unsaturated/α-hetero) is 2. The van der Waals surface area contributed by atoms with Crippen LogP contribution in [0.5, 0.6) is 0 Å². The van der Waals surface area contributed by atoms with Crippen molar-refractivity contribution in [1.82, 2.24) is 0 Å². The smallest absolute Gasteiger partial charge is 0.234 e. The molecule has 120 valence electrons. The van der Waals surface area contributed by atoms with Gasteiger partial charge in [0.15, 0.2) is 0 Å². The van der Waals surface area contributed by atoms with Crippen molar-refractivity contribution in [2.45, 2.75) is 51.9 Å².